The van der Waals surface area contributed by atoms with Crippen LogP contribution in [0.1, 0.15) is 31.2 Å². The highest BCUT2D eigenvalue weighted by atomic mass is 19.1. The quantitative estimate of drug-likeness (QED) is 0.806. The van der Waals surface area contributed by atoms with E-state index in [0.29, 0.717) is 18.5 Å². The molecular weight excluding hydrogens is 281 g/mol. The Morgan fingerprint density at radius 3 is 2.73 bits per heavy atom. The molecule has 1 aromatic carbocycles. The minimum absolute atomic E-state index is 0.0548. The second-order valence-electron chi connectivity index (χ2n) is 6.01. The molecule has 2 rings (SSSR count). The lowest BCUT2D eigenvalue weighted by Gasteiger charge is -2.26. The highest BCUT2D eigenvalue weighted by molar-refractivity contribution is 5.76. The molecule has 122 valence electrons. The van der Waals surface area contributed by atoms with E-state index in [-0.39, 0.29) is 24.2 Å². The van der Waals surface area contributed by atoms with Gasteiger partial charge < -0.3 is 16.0 Å². The number of rotatable bonds is 7. The van der Waals surface area contributed by atoms with Gasteiger partial charge in [-0.25, -0.2) is 4.39 Å². The van der Waals surface area contributed by atoms with Gasteiger partial charge in [-0.3, -0.25) is 4.79 Å². The number of carbonyl (C=O) groups excluding carboxylic acids is 1. The van der Waals surface area contributed by atoms with E-state index in [1.54, 1.807) is 18.2 Å². The summed E-state index contributed by atoms with van der Waals surface area (Å²) in [6.45, 7) is 3.81. The number of nitrogens with zero attached hydrogens (tertiary/aromatic N) is 1. The molecule has 1 heterocycles. The van der Waals surface area contributed by atoms with Crippen molar-refractivity contribution >= 4 is 5.91 Å². The van der Waals surface area contributed by atoms with Gasteiger partial charge in [-0.15, -0.1) is 0 Å². The van der Waals surface area contributed by atoms with Gasteiger partial charge in [0.2, 0.25) is 5.91 Å². The first-order valence-corrected chi connectivity index (χ1v) is 8.13. The van der Waals surface area contributed by atoms with Crippen molar-refractivity contribution in [3.63, 3.8) is 0 Å². The number of hydrogen-bond acceptors (Lipinski definition) is 3. The first kappa shape index (κ1) is 16.9. The van der Waals surface area contributed by atoms with Crippen molar-refractivity contribution in [2.75, 3.05) is 26.2 Å². The largest absolute Gasteiger partial charge is 0.355 e. The molecule has 0 spiro atoms. The Labute approximate surface area is 131 Å². The first-order valence-electron chi connectivity index (χ1n) is 8.13. The average Bonchev–Trinajstić information content (AvgIpc) is 2.50. The lowest BCUT2D eigenvalue weighted by Crippen LogP contribution is -2.39. The fourth-order valence-corrected chi connectivity index (χ4v) is 2.87. The predicted molar refractivity (Wildman–Crippen MR) is 86.0 cm³/mol. The summed E-state index contributed by atoms with van der Waals surface area (Å²) in [5.74, 6) is -0.315. The van der Waals surface area contributed by atoms with Gasteiger partial charge >= 0.3 is 0 Å². The zero-order valence-electron chi connectivity index (χ0n) is 13.1. The topological polar surface area (TPSA) is 58.4 Å². The molecule has 1 amide bonds. The van der Waals surface area contributed by atoms with Gasteiger partial charge in [-0.05, 0) is 44.0 Å². The Bertz CT molecular complexity index is 475. The number of likely N-dealkylation sites (tertiary alicyclic amines) is 1. The molecule has 1 aliphatic heterocycles. The molecule has 5 heteroatoms. The van der Waals surface area contributed by atoms with E-state index in [9.17, 15) is 9.18 Å². The van der Waals surface area contributed by atoms with Gasteiger partial charge in [-0.2, -0.15) is 0 Å². The van der Waals surface area contributed by atoms with Gasteiger partial charge in [0.25, 0.3) is 0 Å². The van der Waals surface area contributed by atoms with E-state index in [1.165, 1.54) is 25.3 Å². The summed E-state index contributed by atoms with van der Waals surface area (Å²) in [6.07, 6.45) is 4.43. The van der Waals surface area contributed by atoms with E-state index in [4.69, 9.17) is 5.73 Å². The lowest BCUT2D eigenvalue weighted by atomic mass is 10.0. The highest BCUT2D eigenvalue weighted by Crippen LogP contribution is 2.10. The molecule has 0 bridgehead atoms. The number of carbonyl (C=O) groups is 1. The molecule has 0 aromatic heterocycles. The fraction of sp³-hybridized carbons (Fsp3) is 0.588. The average molecular weight is 307 g/mol. The molecule has 4 nitrogen and oxygen atoms in total. The van der Waals surface area contributed by atoms with Gasteiger partial charge in [0.1, 0.15) is 5.82 Å². The number of benzene rings is 1. The second kappa shape index (κ2) is 8.86. The summed E-state index contributed by atoms with van der Waals surface area (Å²) in [4.78, 5) is 14.2. The van der Waals surface area contributed by atoms with Crippen molar-refractivity contribution in [3.05, 3.63) is 35.6 Å². The number of piperidine rings is 1. The second-order valence-corrected chi connectivity index (χ2v) is 6.01. The third-order valence-corrected chi connectivity index (χ3v) is 4.09. The predicted octanol–water partition coefficient (Wildman–Crippen LogP) is 1.69. The summed E-state index contributed by atoms with van der Waals surface area (Å²) in [6, 6.07) is 6.21. The Morgan fingerprint density at radius 2 is 2.00 bits per heavy atom. The van der Waals surface area contributed by atoms with Crippen molar-refractivity contribution in [3.8, 4) is 0 Å². The molecule has 0 unspecified atom stereocenters. The SMILES string of the molecule is N[C@@H](CC(=O)NCCN1CCCCC1)Cc1ccccc1F. The van der Waals surface area contributed by atoms with Crippen molar-refractivity contribution in [2.45, 2.75) is 38.1 Å². The van der Waals surface area contributed by atoms with Crippen LogP contribution in [-0.4, -0.2) is 43.0 Å². The number of hydrogen-bond donors (Lipinski definition) is 2. The molecule has 1 aliphatic rings. The summed E-state index contributed by atoms with van der Waals surface area (Å²) in [5.41, 5.74) is 6.52. The van der Waals surface area contributed by atoms with Crippen molar-refractivity contribution in [1.82, 2.24) is 10.2 Å². The number of halogens is 1. The van der Waals surface area contributed by atoms with Gasteiger partial charge in [-0.1, -0.05) is 24.6 Å². The summed E-state index contributed by atoms with van der Waals surface area (Å²) >= 11 is 0. The monoisotopic (exact) mass is 307 g/mol. The molecule has 0 saturated carbocycles. The fourth-order valence-electron chi connectivity index (χ4n) is 2.87. The van der Waals surface area contributed by atoms with E-state index < -0.39 is 0 Å². The molecule has 0 radical (unpaired) electrons. The van der Waals surface area contributed by atoms with Crippen LogP contribution in [0.4, 0.5) is 4.39 Å². The Morgan fingerprint density at radius 1 is 1.27 bits per heavy atom. The maximum atomic E-state index is 13.5. The molecular formula is C17H26FN3O. The van der Waals surface area contributed by atoms with E-state index in [0.717, 1.165) is 19.6 Å². The smallest absolute Gasteiger partial charge is 0.221 e. The summed E-state index contributed by atoms with van der Waals surface area (Å²) in [7, 11) is 0. The number of amides is 1. The Hall–Kier alpha value is -1.46. The summed E-state index contributed by atoms with van der Waals surface area (Å²) < 4.78 is 13.5. The summed E-state index contributed by atoms with van der Waals surface area (Å²) in [5, 5.41) is 2.91. The van der Waals surface area contributed by atoms with Crippen molar-refractivity contribution < 1.29 is 9.18 Å². The van der Waals surface area contributed by atoms with Crippen LogP contribution in [0.5, 0.6) is 0 Å². The molecule has 0 aliphatic carbocycles. The zero-order chi connectivity index (χ0) is 15.8. The Balaban J connectivity index is 1.64. The minimum atomic E-state index is -0.355. The van der Waals surface area contributed by atoms with Gasteiger partial charge in [0, 0.05) is 25.6 Å². The maximum absolute atomic E-state index is 13.5. The molecule has 1 fully saturated rings. The van der Waals surface area contributed by atoms with Crippen molar-refractivity contribution in [1.29, 1.82) is 0 Å². The standard InChI is InChI=1S/C17H26FN3O/c18-16-7-3-2-6-14(16)12-15(19)13-17(22)20-8-11-21-9-4-1-5-10-21/h2-3,6-7,15H,1,4-5,8-13,19H2,(H,20,22)/t15-/m1/s1. The minimum Gasteiger partial charge on any atom is -0.355 e. The third kappa shape index (κ3) is 5.73. The van der Waals surface area contributed by atoms with Crippen LogP contribution in [0.25, 0.3) is 0 Å². The molecule has 3 N–H and O–H groups in total. The third-order valence-electron chi connectivity index (χ3n) is 4.09. The normalized spacial score (nSPS) is 17.2. The molecule has 1 aromatic rings. The van der Waals surface area contributed by atoms with Crippen LogP contribution in [0.2, 0.25) is 0 Å². The van der Waals surface area contributed by atoms with E-state index in [1.807, 2.05) is 0 Å². The van der Waals surface area contributed by atoms with Crippen LogP contribution < -0.4 is 11.1 Å². The molecule has 1 saturated heterocycles. The lowest BCUT2D eigenvalue weighted by molar-refractivity contribution is -0.121. The van der Waals surface area contributed by atoms with E-state index in [2.05, 4.69) is 10.2 Å². The van der Waals surface area contributed by atoms with Crippen LogP contribution in [0, 0.1) is 5.82 Å². The van der Waals surface area contributed by atoms with Gasteiger partial charge in [0.05, 0.1) is 0 Å². The van der Waals surface area contributed by atoms with Crippen LogP contribution >= 0.6 is 0 Å². The van der Waals surface area contributed by atoms with Crippen LogP contribution in [0.15, 0.2) is 24.3 Å². The van der Waals surface area contributed by atoms with Crippen molar-refractivity contribution in [2.24, 2.45) is 5.73 Å². The van der Waals surface area contributed by atoms with Gasteiger partial charge in [0.15, 0.2) is 0 Å². The highest BCUT2D eigenvalue weighted by Gasteiger charge is 2.13. The van der Waals surface area contributed by atoms with Crippen LogP contribution in [0.3, 0.4) is 0 Å². The van der Waals surface area contributed by atoms with E-state index >= 15 is 0 Å². The molecule has 1 atom stereocenters. The maximum Gasteiger partial charge on any atom is 0.221 e. The number of nitrogens with two attached hydrogens (primary N) is 1. The Kier molecular flexibility index (Phi) is 6.80. The first-order chi connectivity index (χ1) is 10.6. The number of nitrogens with one attached hydrogen (secondary N) is 1. The molecule has 22 heavy (non-hydrogen) atoms. The zero-order valence-corrected chi connectivity index (χ0v) is 13.1. The van der Waals surface area contributed by atoms with Crippen LogP contribution in [-0.2, 0) is 11.2 Å².